The number of aromatic nitrogens is 2. The topological polar surface area (TPSA) is 53.5 Å². The van der Waals surface area contributed by atoms with Gasteiger partial charge in [-0.3, -0.25) is 0 Å². The fourth-order valence-electron chi connectivity index (χ4n) is 3.66. The third-order valence-electron chi connectivity index (χ3n) is 5.24. The number of nitrogens with one attached hydrogen (secondary N) is 1. The Kier molecular flexibility index (Phi) is 6.10. The summed E-state index contributed by atoms with van der Waals surface area (Å²) in [5.74, 6) is 2.57. The molecule has 0 atom stereocenters. The second-order valence-corrected chi connectivity index (χ2v) is 7.04. The van der Waals surface area contributed by atoms with Gasteiger partial charge in [0, 0.05) is 44.6 Å². The smallest absolute Gasteiger partial charge is 0.224 e. The SMILES string of the molecule is COc1ccccc1CCNc1nccc(N2CCN(c3ccccc3)CC2)n1. The van der Waals surface area contributed by atoms with Crippen LogP contribution in [-0.4, -0.2) is 49.8 Å². The van der Waals surface area contributed by atoms with Gasteiger partial charge in [-0.2, -0.15) is 4.98 Å². The third-order valence-corrected chi connectivity index (χ3v) is 5.24. The molecule has 6 nitrogen and oxygen atoms in total. The Morgan fingerprint density at radius 2 is 1.62 bits per heavy atom. The van der Waals surface area contributed by atoms with Crippen LogP contribution in [0.3, 0.4) is 0 Å². The molecule has 0 spiro atoms. The first-order chi connectivity index (χ1) is 14.3. The Hall–Kier alpha value is -3.28. The van der Waals surface area contributed by atoms with E-state index in [2.05, 4.69) is 56.5 Å². The van der Waals surface area contributed by atoms with E-state index in [9.17, 15) is 0 Å². The molecule has 150 valence electrons. The molecule has 1 N–H and O–H groups in total. The molecule has 3 aromatic rings. The number of para-hydroxylation sites is 2. The minimum Gasteiger partial charge on any atom is -0.496 e. The minimum atomic E-state index is 0.669. The average Bonchev–Trinajstić information content (AvgIpc) is 2.80. The van der Waals surface area contributed by atoms with Crippen molar-refractivity contribution in [2.45, 2.75) is 6.42 Å². The Morgan fingerprint density at radius 1 is 0.897 bits per heavy atom. The quantitative estimate of drug-likeness (QED) is 0.668. The zero-order valence-electron chi connectivity index (χ0n) is 16.8. The van der Waals surface area contributed by atoms with Gasteiger partial charge in [0.05, 0.1) is 7.11 Å². The van der Waals surface area contributed by atoms with E-state index in [1.165, 1.54) is 11.3 Å². The lowest BCUT2D eigenvalue weighted by Crippen LogP contribution is -2.46. The molecule has 6 heteroatoms. The van der Waals surface area contributed by atoms with Crippen LogP contribution in [-0.2, 0) is 6.42 Å². The highest BCUT2D eigenvalue weighted by atomic mass is 16.5. The second-order valence-electron chi connectivity index (χ2n) is 7.04. The molecule has 29 heavy (non-hydrogen) atoms. The molecule has 1 fully saturated rings. The van der Waals surface area contributed by atoms with Crippen molar-refractivity contribution in [1.82, 2.24) is 9.97 Å². The van der Waals surface area contributed by atoms with Crippen LogP contribution in [0.2, 0.25) is 0 Å². The predicted molar refractivity (Wildman–Crippen MR) is 118 cm³/mol. The lowest BCUT2D eigenvalue weighted by atomic mass is 10.1. The van der Waals surface area contributed by atoms with Crippen molar-refractivity contribution in [2.75, 3.05) is 55.0 Å². The molecular weight excluding hydrogens is 362 g/mol. The number of rotatable bonds is 7. The van der Waals surface area contributed by atoms with Crippen LogP contribution < -0.4 is 19.9 Å². The summed E-state index contributed by atoms with van der Waals surface area (Å²) in [4.78, 5) is 13.8. The summed E-state index contributed by atoms with van der Waals surface area (Å²) in [5.41, 5.74) is 2.46. The number of piperazine rings is 1. The van der Waals surface area contributed by atoms with E-state index < -0.39 is 0 Å². The van der Waals surface area contributed by atoms with E-state index in [0.717, 1.165) is 50.7 Å². The number of methoxy groups -OCH3 is 1. The summed E-state index contributed by atoms with van der Waals surface area (Å²) >= 11 is 0. The average molecular weight is 390 g/mol. The maximum absolute atomic E-state index is 5.42. The summed E-state index contributed by atoms with van der Waals surface area (Å²) in [6.45, 7) is 4.64. The lowest BCUT2D eigenvalue weighted by molar-refractivity contribution is 0.410. The minimum absolute atomic E-state index is 0.669. The predicted octanol–water partition coefficient (Wildman–Crippen LogP) is 3.47. The number of nitrogens with zero attached hydrogens (tertiary/aromatic N) is 4. The summed E-state index contributed by atoms with van der Waals surface area (Å²) in [5, 5.41) is 3.34. The van der Waals surface area contributed by atoms with Crippen LogP contribution in [0.25, 0.3) is 0 Å². The van der Waals surface area contributed by atoms with Gasteiger partial charge in [0.1, 0.15) is 11.6 Å². The van der Waals surface area contributed by atoms with Gasteiger partial charge in [0.2, 0.25) is 5.95 Å². The van der Waals surface area contributed by atoms with Crippen molar-refractivity contribution in [3.05, 3.63) is 72.4 Å². The molecule has 2 heterocycles. The van der Waals surface area contributed by atoms with Gasteiger partial charge in [0.15, 0.2) is 0 Å². The molecule has 0 bridgehead atoms. The molecule has 0 aliphatic carbocycles. The zero-order chi connectivity index (χ0) is 19.9. The maximum atomic E-state index is 5.42. The Bertz CT molecular complexity index is 910. The van der Waals surface area contributed by atoms with Crippen LogP contribution >= 0.6 is 0 Å². The Balaban J connectivity index is 1.32. The molecule has 1 aliphatic heterocycles. The molecule has 0 radical (unpaired) electrons. The zero-order valence-corrected chi connectivity index (χ0v) is 16.8. The van der Waals surface area contributed by atoms with Gasteiger partial charge in [-0.05, 0) is 36.2 Å². The first-order valence-corrected chi connectivity index (χ1v) is 10.1. The molecule has 0 amide bonds. The van der Waals surface area contributed by atoms with Crippen molar-refractivity contribution in [1.29, 1.82) is 0 Å². The molecule has 0 unspecified atom stereocenters. The fraction of sp³-hybridized carbons (Fsp3) is 0.304. The first kappa shape index (κ1) is 19.1. The summed E-state index contributed by atoms with van der Waals surface area (Å²) in [6, 6.07) is 20.7. The highest BCUT2D eigenvalue weighted by molar-refractivity contribution is 5.50. The molecule has 4 rings (SSSR count). The van der Waals surface area contributed by atoms with Crippen LogP contribution in [0.1, 0.15) is 5.56 Å². The van der Waals surface area contributed by atoms with Gasteiger partial charge < -0.3 is 19.9 Å². The van der Waals surface area contributed by atoms with Crippen LogP contribution in [0.5, 0.6) is 5.75 Å². The molecule has 1 saturated heterocycles. The second kappa shape index (κ2) is 9.28. The van der Waals surface area contributed by atoms with E-state index in [0.29, 0.717) is 5.95 Å². The van der Waals surface area contributed by atoms with E-state index >= 15 is 0 Å². The molecule has 1 aliphatic rings. The summed E-state index contributed by atoms with van der Waals surface area (Å²) < 4.78 is 5.42. The summed E-state index contributed by atoms with van der Waals surface area (Å²) in [6.07, 6.45) is 2.69. The van der Waals surface area contributed by atoms with Crippen molar-refractivity contribution in [3.63, 3.8) is 0 Å². The van der Waals surface area contributed by atoms with Crippen LogP contribution in [0.15, 0.2) is 66.9 Å². The summed E-state index contributed by atoms with van der Waals surface area (Å²) in [7, 11) is 1.70. The Labute approximate surface area is 172 Å². The third kappa shape index (κ3) is 4.77. The van der Waals surface area contributed by atoms with Crippen molar-refractivity contribution >= 4 is 17.5 Å². The Morgan fingerprint density at radius 3 is 2.41 bits per heavy atom. The number of anilines is 3. The van der Waals surface area contributed by atoms with Gasteiger partial charge in [-0.25, -0.2) is 4.98 Å². The number of benzene rings is 2. The van der Waals surface area contributed by atoms with Crippen molar-refractivity contribution < 1.29 is 4.74 Å². The number of ether oxygens (including phenoxy) is 1. The van der Waals surface area contributed by atoms with Gasteiger partial charge in [-0.1, -0.05) is 36.4 Å². The van der Waals surface area contributed by atoms with E-state index in [1.807, 2.05) is 30.5 Å². The molecular formula is C23H27N5O. The van der Waals surface area contributed by atoms with E-state index in [1.54, 1.807) is 7.11 Å². The highest BCUT2D eigenvalue weighted by Gasteiger charge is 2.18. The van der Waals surface area contributed by atoms with Crippen molar-refractivity contribution in [3.8, 4) is 5.75 Å². The monoisotopic (exact) mass is 389 g/mol. The van der Waals surface area contributed by atoms with Crippen LogP contribution in [0.4, 0.5) is 17.5 Å². The molecule has 1 aromatic heterocycles. The highest BCUT2D eigenvalue weighted by Crippen LogP contribution is 2.20. The normalized spacial score (nSPS) is 14.0. The lowest BCUT2D eigenvalue weighted by Gasteiger charge is -2.36. The van der Waals surface area contributed by atoms with Crippen LogP contribution in [0, 0.1) is 0 Å². The van der Waals surface area contributed by atoms with Gasteiger partial charge in [0.25, 0.3) is 0 Å². The standard InChI is InChI=1S/C23H27N5O/c1-29-21-10-6-5-7-19(21)11-13-24-23-25-14-12-22(26-23)28-17-15-27(16-18-28)20-8-3-2-4-9-20/h2-10,12,14H,11,13,15-18H2,1H3,(H,24,25,26). The molecule has 2 aromatic carbocycles. The molecule has 0 saturated carbocycles. The number of hydrogen-bond acceptors (Lipinski definition) is 6. The van der Waals surface area contributed by atoms with E-state index in [4.69, 9.17) is 9.72 Å². The first-order valence-electron chi connectivity index (χ1n) is 10.1. The maximum Gasteiger partial charge on any atom is 0.224 e. The van der Waals surface area contributed by atoms with E-state index in [-0.39, 0.29) is 0 Å². The van der Waals surface area contributed by atoms with Gasteiger partial charge >= 0.3 is 0 Å². The fourth-order valence-corrected chi connectivity index (χ4v) is 3.66. The van der Waals surface area contributed by atoms with Crippen molar-refractivity contribution in [2.24, 2.45) is 0 Å². The van der Waals surface area contributed by atoms with Gasteiger partial charge in [-0.15, -0.1) is 0 Å². The number of hydrogen-bond donors (Lipinski definition) is 1. The largest absolute Gasteiger partial charge is 0.496 e.